The maximum absolute atomic E-state index is 2.61. The smallest absolute Gasteiger partial charge is 0.252 e. The maximum Gasteiger partial charge on any atom is 0.252 e. The molecule has 0 spiro atoms. The van der Waals surface area contributed by atoms with Gasteiger partial charge >= 0.3 is 0 Å². The van der Waals surface area contributed by atoms with Crippen LogP contribution in [0.15, 0.2) is 218 Å². The summed E-state index contributed by atoms with van der Waals surface area (Å²) in [5, 5.41) is 5.91. The number of benzene rings is 10. The van der Waals surface area contributed by atoms with Crippen molar-refractivity contribution in [2.24, 2.45) is 0 Å². The van der Waals surface area contributed by atoms with E-state index in [0.29, 0.717) is 0 Å². The fourth-order valence-electron chi connectivity index (χ4n) is 13.7. The van der Waals surface area contributed by atoms with Crippen LogP contribution in [-0.2, 0) is 0 Å². The van der Waals surface area contributed by atoms with E-state index in [1.54, 1.807) is 0 Å². The van der Waals surface area contributed by atoms with Gasteiger partial charge in [-0.05, 0) is 141 Å². The second kappa shape index (κ2) is 19.0. The largest absolute Gasteiger partial charge is 0.311 e. The quantitative estimate of drug-likeness (QED) is 0.134. The first-order valence-electron chi connectivity index (χ1n) is 29.6. The van der Waals surface area contributed by atoms with Crippen molar-refractivity contribution >= 4 is 167 Å². The minimum atomic E-state index is -1.75. The average molecular weight is 1130 g/mol. The first-order valence-corrected chi connectivity index (χ1v) is 43.6. The van der Waals surface area contributed by atoms with Crippen molar-refractivity contribution in [2.75, 3.05) is 19.6 Å². The number of nitrogens with zero attached hydrogens (tertiary/aromatic N) is 4. The summed E-state index contributed by atoms with van der Waals surface area (Å²) in [6.07, 6.45) is 0. The van der Waals surface area contributed by atoms with Gasteiger partial charge in [-0.25, -0.2) is 0 Å². The molecule has 0 atom stereocenters. The van der Waals surface area contributed by atoms with Gasteiger partial charge < -0.3 is 19.6 Å². The normalized spacial score (nSPS) is 14.2. The molecule has 0 aliphatic carbocycles. The molecule has 82 heavy (non-hydrogen) atoms. The molecular weight excluding hydrogens is 1050 g/mol. The Morgan fingerprint density at radius 2 is 0.500 bits per heavy atom. The topological polar surface area (TPSA) is 13.0 Å². The molecule has 14 rings (SSSR count). The Hall–Kier alpha value is -7.60. The summed E-state index contributed by atoms with van der Waals surface area (Å²) in [7, 11) is -6.57. The van der Waals surface area contributed by atoms with E-state index in [4.69, 9.17) is 0 Å². The lowest BCUT2D eigenvalue weighted by molar-refractivity contribution is 1.25. The molecule has 10 heteroatoms. The van der Waals surface area contributed by atoms with E-state index in [2.05, 4.69) is 317 Å². The molecule has 0 aromatic heterocycles. The lowest BCUT2D eigenvalue weighted by Crippen LogP contribution is -2.62. The van der Waals surface area contributed by atoms with E-state index in [-0.39, 0.29) is 13.4 Å². The summed E-state index contributed by atoms with van der Waals surface area (Å²) in [5.41, 5.74) is 25.3. The van der Waals surface area contributed by atoms with Crippen LogP contribution in [0.2, 0.25) is 78.6 Å². The highest BCUT2D eigenvalue weighted by atomic mass is 28.3. The minimum absolute atomic E-state index is 0.00144. The predicted molar refractivity (Wildman–Crippen MR) is 372 cm³/mol. The van der Waals surface area contributed by atoms with E-state index < -0.39 is 32.3 Å². The van der Waals surface area contributed by atoms with Gasteiger partial charge in [-0.2, -0.15) is 0 Å². The lowest BCUT2D eigenvalue weighted by atomic mass is 9.33. The standard InChI is InChI=1S/C72H72B2N4Si4/c1-79(2,3)55-35-31-53(32-36-55)77-65-43-39-57(81(7,8)9)47-61(65)73-59-45-49(29-41-63(59)75(51-21-15-13-16-22-51)67-25-19-27-69(77)71(67)73)50-30-42-64-60(46-50)74-62-48-58(82(10,11)12)40-44-66(62)78(54-33-37-56(38-34-54)80(4,5)6)70-28-20-26-68(72(70)74)76(64)52-23-17-14-18-24-52/h13-48H,1-12H3. The third kappa shape index (κ3) is 8.50. The fourth-order valence-corrected chi connectivity index (χ4v) is 18.3. The van der Waals surface area contributed by atoms with Gasteiger partial charge in [-0.15, -0.1) is 0 Å². The monoisotopic (exact) mass is 1130 g/mol. The first-order chi connectivity index (χ1) is 39.2. The van der Waals surface area contributed by atoms with Crippen molar-refractivity contribution in [2.45, 2.75) is 78.6 Å². The van der Waals surface area contributed by atoms with Crippen LogP contribution in [0.1, 0.15) is 0 Å². The zero-order valence-electron chi connectivity index (χ0n) is 49.7. The van der Waals surface area contributed by atoms with E-state index >= 15 is 0 Å². The fraction of sp³-hybridized carbons (Fsp3) is 0.167. The molecule has 4 aliphatic rings. The number of fused-ring (bicyclic) bond motifs is 8. The highest BCUT2D eigenvalue weighted by Gasteiger charge is 2.46. The number of hydrogen-bond acceptors (Lipinski definition) is 4. The Morgan fingerprint density at radius 3 is 0.805 bits per heavy atom. The second-order valence-corrected chi connectivity index (χ2v) is 47.8. The lowest BCUT2D eigenvalue weighted by Gasteiger charge is -2.45. The third-order valence-electron chi connectivity index (χ3n) is 18.1. The van der Waals surface area contributed by atoms with Gasteiger partial charge in [0.05, 0.1) is 32.3 Å². The molecule has 0 saturated carbocycles. The first kappa shape index (κ1) is 52.5. The van der Waals surface area contributed by atoms with Crippen molar-refractivity contribution in [3.05, 3.63) is 218 Å². The Kier molecular flexibility index (Phi) is 12.1. The van der Waals surface area contributed by atoms with Crippen molar-refractivity contribution in [1.29, 1.82) is 0 Å². The van der Waals surface area contributed by atoms with Gasteiger partial charge in [0.1, 0.15) is 0 Å². The molecular formula is C72H72B2N4Si4. The Morgan fingerprint density at radius 1 is 0.232 bits per heavy atom. The van der Waals surface area contributed by atoms with Crippen LogP contribution in [0.25, 0.3) is 11.1 Å². The van der Waals surface area contributed by atoms with E-state index in [1.807, 2.05) is 0 Å². The summed E-state index contributed by atoms with van der Waals surface area (Å²) in [5.74, 6) is 0. The molecule has 4 nitrogen and oxygen atoms in total. The van der Waals surface area contributed by atoms with Gasteiger partial charge in [0.15, 0.2) is 0 Å². The third-order valence-corrected chi connectivity index (χ3v) is 26.3. The van der Waals surface area contributed by atoms with Crippen molar-refractivity contribution in [3.63, 3.8) is 0 Å². The van der Waals surface area contributed by atoms with Crippen LogP contribution in [0.4, 0.5) is 68.2 Å². The number of anilines is 12. The summed E-state index contributed by atoms with van der Waals surface area (Å²) in [4.78, 5) is 10.2. The van der Waals surface area contributed by atoms with Gasteiger partial charge in [0, 0.05) is 68.2 Å². The minimum Gasteiger partial charge on any atom is -0.311 e. The molecule has 0 N–H and O–H groups in total. The molecule has 4 heterocycles. The summed E-state index contributed by atoms with van der Waals surface area (Å²) in [6.45, 7) is 29.6. The average Bonchev–Trinajstić information content (AvgIpc) is 1.08. The van der Waals surface area contributed by atoms with Crippen molar-refractivity contribution in [3.8, 4) is 11.1 Å². The predicted octanol–water partition coefficient (Wildman–Crippen LogP) is 13.7. The van der Waals surface area contributed by atoms with Crippen LogP contribution >= 0.6 is 0 Å². The van der Waals surface area contributed by atoms with E-state index in [0.717, 1.165) is 11.4 Å². The summed E-state index contributed by atoms with van der Waals surface area (Å²) >= 11 is 0. The molecule has 402 valence electrons. The molecule has 0 fully saturated rings. The van der Waals surface area contributed by atoms with Gasteiger partial charge in [0.2, 0.25) is 0 Å². The molecule has 4 aliphatic heterocycles. The highest BCUT2D eigenvalue weighted by molar-refractivity contribution is 7.02. The van der Waals surface area contributed by atoms with Gasteiger partial charge in [-0.3, -0.25) is 0 Å². The molecule has 0 unspecified atom stereocenters. The summed E-state index contributed by atoms with van der Waals surface area (Å²) in [6, 6.07) is 85.0. The van der Waals surface area contributed by atoms with Crippen LogP contribution in [0, 0.1) is 0 Å². The zero-order chi connectivity index (χ0) is 56.8. The van der Waals surface area contributed by atoms with Crippen LogP contribution in [0.5, 0.6) is 0 Å². The molecule has 0 saturated heterocycles. The molecule has 0 amide bonds. The molecule has 10 aromatic carbocycles. The Bertz CT molecular complexity index is 3910. The Balaban J connectivity index is 0.997. The second-order valence-electron chi connectivity index (χ2n) is 27.5. The van der Waals surface area contributed by atoms with E-state index in [1.165, 1.54) is 122 Å². The zero-order valence-corrected chi connectivity index (χ0v) is 53.7. The van der Waals surface area contributed by atoms with Crippen LogP contribution in [-0.4, -0.2) is 45.7 Å². The van der Waals surface area contributed by atoms with Crippen molar-refractivity contribution < 1.29 is 0 Å². The van der Waals surface area contributed by atoms with Crippen LogP contribution in [0.3, 0.4) is 0 Å². The maximum atomic E-state index is 2.61. The number of rotatable bonds is 9. The SMILES string of the molecule is C[Si](C)(C)c1ccc(N2c3ccc([Si](C)(C)C)cc3B3c4cc(-c5ccc6c(c5)B5c7cc([Si](C)(C)C)ccc7N(c7ccc([Si](C)(C)C)cc7)c7cccc(c75)N6c5ccccc5)ccc4N(c4ccccc4)c4cccc2c43)cc1. The van der Waals surface area contributed by atoms with Gasteiger partial charge in [-0.1, -0.05) is 221 Å². The highest BCUT2D eigenvalue weighted by Crippen LogP contribution is 2.47. The number of hydrogen-bond donors (Lipinski definition) is 0. The van der Waals surface area contributed by atoms with Crippen LogP contribution < -0.4 is 73.1 Å². The summed E-state index contributed by atoms with van der Waals surface area (Å²) < 4.78 is 0. The number of para-hydroxylation sites is 2. The van der Waals surface area contributed by atoms with Gasteiger partial charge in [0.25, 0.3) is 13.4 Å². The Labute approximate surface area is 492 Å². The van der Waals surface area contributed by atoms with E-state index in [9.17, 15) is 0 Å². The molecule has 0 bridgehead atoms. The van der Waals surface area contributed by atoms with Crippen molar-refractivity contribution in [1.82, 2.24) is 0 Å². The molecule has 10 aromatic rings. The molecule has 0 radical (unpaired) electrons.